The summed E-state index contributed by atoms with van der Waals surface area (Å²) in [5.41, 5.74) is -0.0168. The first-order chi connectivity index (χ1) is 11.0. The van der Waals surface area contributed by atoms with Crippen LogP contribution in [-0.4, -0.2) is 49.0 Å². The van der Waals surface area contributed by atoms with E-state index >= 15 is 0 Å². The van der Waals surface area contributed by atoms with E-state index in [4.69, 9.17) is 9.47 Å². The van der Waals surface area contributed by atoms with Crippen LogP contribution in [-0.2, 0) is 9.53 Å². The number of hydrogen-bond donors (Lipinski definition) is 0. The van der Waals surface area contributed by atoms with Gasteiger partial charge in [0.15, 0.2) is 5.75 Å². The number of piperidine rings is 1. The summed E-state index contributed by atoms with van der Waals surface area (Å²) in [6, 6.07) is 4.13. The first-order valence-corrected chi connectivity index (χ1v) is 7.17. The highest BCUT2D eigenvalue weighted by Gasteiger charge is 2.29. The van der Waals surface area contributed by atoms with Crippen molar-refractivity contribution in [1.29, 1.82) is 0 Å². The number of nitro groups is 1. The molecule has 0 spiro atoms. The maximum atomic E-state index is 12.5. The number of methoxy groups -OCH3 is 2. The Balaban J connectivity index is 2.11. The Hall–Kier alpha value is -2.64. The fourth-order valence-electron chi connectivity index (χ4n) is 2.63. The minimum Gasteiger partial charge on any atom is -0.490 e. The molecule has 2 rings (SSSR count). The number of nitrogens with zero attached hydrogens (tertiary/aromatic N) is 2. The van der Waals surface area contributed by atoms with Crippen molar-refractivity contribution < 1.29 is 24.0 Å². The molecule has 0 atom stereocenters. The fraction of sp³-hybridized carbons (Fsp3) is 0.467. The number of benzene rings is 1. The Morgan fingerprint density at radius 1 is 1.26 bits per heavy atom. The minimum absolute atomic E-state index is 0.107. The molecule has 1 aliphatic heterocycles. The molecule has 0 saturated carbocycles. The summed E-state index contributed by atoms with van der Waals surface area (Å²) < 4.78 is 9.63. The van der Waals surface area contributed by atoms with Crippen molar-refractivity contribution in [2.45, 2.75) is 12.8 Å². The zero-order chi connectivity index (χ0) is 17.0. The van der Waals surface area contributed by atoms with E-state index < -0.39 is 4.92 Å². The van der Waals surface area contributed by atoms with Crippen LogP contribution in [0.1, 0.15) is 23.2 Å². The van der Waals surface area contributed by atoms with Gasteiger partial charge in [-0.05, 0) is 25.0 Å². The summed E-state index contributed by atoms with van der Waals surface area (Å²) in [6.45, 7) is 0.830. The third-order valence-electron chi connectivity index (χ3n) is 3.94. The molecule has 8 nitrogen and oxygen atoms in total. The number of likely N-dealkylation sites (tertiary alicyclic amines) is 1. The van der Waals surface area contributed by atoms with Crippen molar-refractivity contribution in [3.05, 3.63) is 33.9 Å². The van der Waals surface area contributed by atoms with E-state index in [2.05, 4.69) is 0 Å². The van der Waals surface area contributed by atoms with E-state index in [0.717, 1.165) is 0 Å². The van der Waals surface area contributed by atoms with Crippen LogP contribution in [0.4, 0.5) is 5.69 Å². The highest BCUT2D eigenvalue weighted by Crippen LogP contribution is 2.28. The minimum atomic E-state index is -0.584. The van der Waals surface area contributed by atoms with E-state index in [0.29, 0.717) is 25.9 Å². The first-order valence-electron chi connectivity index (χ1n) is 7.17. The van der Waals surface area contributed by atoms with Crippen LogP contribution in [0.5, 0.6) is 5.75 Å². The monoisotopic (exact) mass is 322 g/mol. The van der Waals surface area contributed by atoms with Gasteiger partial charge in [0.2, 0.25) is 0 Å². The lowest BCUT2D eigenvalue weighted by atomic mass is 9.96. The number of carbonyl (C=O) groups excluding carboxylic acids is 2. The average Bonchev–Trinajstić information content (AvgIpc) is 2.59. The van der Waals surface area contributed by atoms with Crippen molar-refractivity contribution in [3.63, 3.8) is 0 Å². The Bertz CT molecular complexity index is 622. The van der Waals surface area contributed by atoms with Gasteiger partial charge < -0.3 is 14.4 Å². The van der Waals surface area contributed by atoms with E-state index in [9.17, 15) is 19.7 Å². The molecule has 1 saturated heterocycles. The first kappa shape index (κ1) is 16.7. The van der Waals surface area contributed by atoms with Crippen LogP contribution in [0.25, 0.3) is 0 Å². The molecule has 0 bridgehead atoms. The van der Waals surface area contributed by atoms with E-state index in [1.807, 2.05) is 0 Å². The standard InChI is InChI=1S/C15H18N2O6/c1-22-13-4-3-11(9-12(13)17(20)21)14(18)16-7-5-10(6-8-16)15(19)23-2/h3-4,9-10H,5-8H2,1-2H3. The van der Waals surface area contributed by atoms with Crippen LogP contribution in [0, 0.1) is 16.0 Å². The Morgan fingerprint density at radius 3 is 2.43 bits per heavy atom. The van der Waals surface area contributed by atoms with Gasteiger partial charge in [-0.15, -0.1) is 0 Å². The highest BCUT2D eigenvalue weighted by molar-refractivity contribution is 5.95. The van der Waals surface area contributed by atoms with Gasteiger partial charge in [-0.25, -0.2) is 0 Å². The second-order valence-electron chi connectivity index (χ2n) is 5.23. The SMILES string of the molecule is COC(=O)C1CCN(C(=O)c2ccc(OC)c([N+](=O)[O-])c2)CC1. The van der Waals surface area contributed by atoms with Gasteiger partial charge in [0.1, 0.15) is 0 Å². The average molecular weight is 322 g/mol. The highest BCUT2D eigenvalue weighted by atomic mass is 16.6. The van der Waals surface area contributed by atoms with E-state index in [1.165, 1.54) is 32.4 Å². The van der Waals surface area contributed by atoms with Crippen molar-refractivity contribution >= 4 is 17.6 Å². The summed E-state index contributed by atoms with van der Waals surface area (Å²) in [4.78, 5) is 36.0. The maximum absolute atomic E-state index is 12.5. The summed E-state index contributed by atoms with van der Waals surface area (Å²) in [6.07, 6.45) is 1.05. The third kappa shape index (κ3) is 3.58. The number of rotatable bonds is 4. The van der Waals surface area contributed by atoms with Gasteiger partial charge in [-0.2, -0.15) is 0 Å². The van der Waals surface area contributed by atoms with Gasteiger partial charge >= 0.3 is 11.7 Å². The molecule has 1 fully saturated rings. The van der Waals surface area contributed by atoms with E-state index in [1.54, 1.807) is 4.90 Å². The maximum Gasteiger partial charge on any atom is 0.311 e. The second-order valence-corrected chi connectivity index (χ2v) is 5.23. The topological polar surface area (TPSA) is 99.0 Å². The quantitative estimate of drug-likeness (QED) is 0.474. The molecular formula is C15H18N2O6. The lowest BCUT2D eigenvalue weighted by Gasteiger charge is -2.30. The Kier molecular flexibility index (Phi) is 5.15. The molecule has 1 heterocycles. The third-order valence-corrected chi connectivity index (χ3v) is 3.94. The lowest BCUT2D eigenvalue weighted by molar-refractivity contribution is -0.385. The molecule has 0 aliphatic carbocycles. The summed E-state index contributed by atoms with van der Waals surface area (Å²) in [5, 5.41) is 11.0. The van der Waals surface area contributed by atoms with Crippen molar-refractivity contribution in [3.8, 4) is 5.75 Å². The molecule has 23 heavy (non-hydrogen) atoms. The molecular weight excluding hydrogens is 304 g/mol. The lowest BCUT2D eigenvalue weighted by Crippen LogP contribution is -2.40. The Labute approximate surface area is 133 Å². The predicted octanol–water partition coefficient (Wildman–Crippen LogP) is 1.63. The van der Waals surface area contributed by atoms with Gasteiger partial charge in [-0.3, -0.25) is 19.7 Å². The van der Waals surface area contributed by atoms with Gasteiger partial charge in [-0.1, -0.05) is 0 Å². The smallest absolute Gasteiger partial charge is 0.311 e. The molecule has 8 heteroatoms. The molecule has 1 aromatic rings. The molecule has 1 aliphatic rings. The number of hydrogen-bond acceptors (Lipinski definition) is 6. The van der Waals surface area contributed by atoms with Crippen molar-refractivity contribution in [2.75, 3.05) is 27.3 Å². The summed E-state index contributed by atoms with van der Waals surface area (Å²) in [7, 11) is 2.68. The summed E-state index contributed by atoms with van der Waals surface area (Å²) in [5.74, 6) is -0.651. The largest absolute Gasteiger partial charge is 0.490 e. The number of ether oxygens (including phenoxy) is 2. The Morgan fingerprint density at radius 2 is 1.91 bits per heavy atom. The van der Waals surface area contributed by atoms with Gasteiger partial charge in [0, 0.05) is 24.7 Å². The molecule has 0 unspecified atom stereocenters. The number of nitro benzene ring substituents is 1. The molecule has 1 aromatic carbocycles. The summed E-state index contributed by atoms with van der Waals surface area (Å²) >= 11 is 0. The second kappa shape index (κ2) is 7.08. The zero-order valence-corrected chi connectivity index (χ0v) is 13.0. The molecule has 0 N–H and O–H groups in total. The van der Waals surface area contributed by atoms with Crippen LogP contribution < -0.4 is 4.74 Å². The van der Waals surface area contributed by atoms with E-state index in [-0.39, 0.29) is 34.8 Å². The molecule has 0 aromatic heterocycles. The van der Waals surface area contributed by atoms with Gasteiger partial charge in [0.25, 0.3) is 5.91 Å². The predicted molar refractivity (Wildman–Crippen MR) is 80.3 cm³/mol. The number of carbonyl (C=O) groups is 2. The van der Waals surface area contributed by atoms with Crippen LogP contribution >= 0.6 is 0 Å². The number of amides is 1. The molecule has 124 valence electrons. The molecule has 1 amide bonds. The normalized spacial score (nSPS) is 15.1. The molecule has 0 radical (unpaired) electrons. The van der Waals surface area contributed by atoms with Crippen molar-refractivity contribution in [2.24, 2.45) is 5.92 Å². The van der Waals surface area contributed by atoms with Gasteiger partial charge in [0.05, 0.1) is 25.1 Å². The van der Waals surface area contributed by atoms with Crippen LogP contribution in [0.3, 0.4) is 0 Å². The van der Waals surface area contributed by atoms with Crippen LogP contribution in [0.15, 0.2) is 18.2 Å². The van der Waals surface area contributed by atoms with Crippen molar-refractivity contribution in [1.82, 2.24) is 4.90 Å². The van der Waals surface area contributed by atoms with Crippen LogP contribution in [0.2, 0.25) is 0 Å². The zero-order valence-electron chi connectivity index (χ0n) is 13.0. The fourth-order valence-corrected chi connectivity index (χ4v) is 2.63. The number of esters is 1.